The lowest BCUT2D eigenvalue weighted by Crippen LogP contribution is -2.56. The van der Waals surface area contributed by atoms with Crippen LogP contribution in [-0.4, -0.2) is 52.3 Å². The van der Waals surface area contributed by atoms with Crippen LogP contribution in [-0.2, 0) is 10.2 Å². The number of aliphatic hydroxyl groups excluding tert-OH is 1. The molecule has 2 N–H and O–H groups in total. The summed E-state index contributed by atoms with van der Waals surface area (Å²) in [6, 6.07) is 18.6. The van der Waals surface area contributed by atoms with E-state index in [1.54, 1.807) is 13.3 Å². The summed E-state index contributed by atoms with van der Waals surface area (Å²) in [5, 5.41) is 22.0. The maximum Gasteiger partial charge on any atom is 0.308 e. The maximum atomic E-state index is 12.2. The van der Waals surface area contributed by atoms with Gasteiger partial charge in [0.15, 0.2) is 0 Å². The van der Waals surface area contributed by atoms with Gasteiger partial charge in [0, 0.05) is 24.2 Å². The first-order chi connectivity index (χ1) is 17.4. The highest BCUT2D eigenvalue weighted by molar-refractivity contribution is 5.83. The Morgan fingerprint density at radius 3 is 2.69 bits per heavy atom. The van der Waals surface area contributed by atoms with Gasteiger partial charge in [-0.25, -0.2) is 0 Å². The minimum Gasteiger partial charge on any atom is -0.497 e. The number of hydrogen-bond acceptors (Lipinski definition) is 5. The first-order valence-electron chi connectivity index (χ1n) is 13.0. The summed E-state index contributed by atoms with van der Waals surface area (Å²) in [5.41, 5.74) is 3.19. The van der Waals surface area contributed by atoms with Gasteiger partial charge in [-0.15, -0.1) is 0 Å². The second-order valence-electron chi connectivity index (χ2n) is 10.9. The SMILES string of the molecule is COc1ccc2nccc(C(O)CC[C@@H]3CCN(C4CC(C)(c5ccccc5)C4)C[C@@H]3C(=O)O)c2c1. The van der Waals surface area contributed by atoms with E-state index in [1.165, 1.54) is 5.56 Å². The number of aliphatic carboxylic acids is 1. The molecule has 1 saturated heterocycles. The molecule has 0 radical (unpaired) electrons. The van der Waals surface area contributed by atoms with Crippen molar-refractivity contribution in [2.45, 2.75) is 56.6 Å². The number of nitrogens with zero attached hydrogens (tertiary/aromatic N) is 2. The number of aromatic nitrogens is 1. The number of rotatable bonds is 8. The van der Waals surface area contributed by atoms with Crippen LogP contribution in [0.25, 0.3) is 10.9 Å². The van der Waals surface area contributed by atoms with Gasteiger partial charge in [0.25, 0.3) is 0 Å². The Morgan fingerprint density at radius 2 is 1.97 bits per heavy atom. The number of aliphatic hydroxyl groups is 1. The monoisotopic (exact) mass is 488 g/mol. The van der Waals surface area contributed by atoms with Gasteiger partial charge in [0.2, 0.25) is 0 Å². The number of carbonyl (C=O) groups is 1. The molecule has 2 heterocycles. The topological polar surface area (TPSA) is 82.9 Å². The molecule has 3 atom stereocenters. The average Bonchev–Trinajstić information content (AvgIpc) is 2.89. The number of methoxy groups -OCH3 is 1. The standard InChI is InChI=1S/C30H36N2O4/c1-30(21-6-4-3-5-7-21)17-22(18-30)32-15-13-20(26(19-32)29(34)35)8-11-28(33)24-12-14-31-27-10-9-23(36-2)16-25(24)27/h3-7,9-10,12,14,16,20,22,26,28,33H,8,11,13,15,17-19H2,1-2H3,(H,34,35)/t20-,22?,26+,28?,30?/m1/s1. The highest BCUT2D eigenvalue weighted by Crippen LogP contribution is 2.47. The van der Waals surface area contributed by atoms with Crippen molar-refractivity contribution in [2.24, 2.45) is 11.8 Å². The van der Waals surface area contributed by atoms with E-state index in [9.17, 15) is 15.0 Å². The van der Waals surface area contributed by atoms with E-state index >= 15 is 0 Å². The molecule has 3 aromatic rings. The van der Waals surface area contributed by atoms with Crippen LogP contribution in [0, 0.1) is 11.8 Å². The number of hydrogen-bond donors (Lipinski definition) is 2. The molecule has 2 aliphatic rings. The summed E-state index contributed by atoms with van der Waals surface area (Å²) < 4.78 is 5.35. The summed E-state index contributed by atoms with van der Waals surface area (Å²) in [5.74, 6) is -0.328. The van der Waals surface area contributed by atoms with Crippen molar-refractivity contribution in [3.05, 3.63) is 71.9 Å². The second-order valence-corrected chi connectivity index (χ2v) is 10.9. The third-order valence-corrected chi connectivity index (χ3v) is 8.62. The van der Waals surface area contributed by atoms with Gasteiger partial charge in [-0.3, -0.25) is 14.7 Å². The molecule has 2 fully saturated rings. The lowest BCUT2D eigenvalue weighted by Gasteiger charge is -2.53. The molecule has 1 aromatic heterocycles. The predicted octanol–water partition coefficient (Wildman–Crippen LogP) is 5.20. The normalized spacial score (nSPS) is 27.4. The molecule has 0 bridgehead atoms. The van der Waals surface area contributed by atoms with E-state index < -0.39 is 18.0 Å². The van der Waals surface area contributed by atoms with Crippen LogP contribution in [0.4, 0.5) is 0 Å². The van der Waals surface area contributed by atoms with Crippen molar-refractivity contribution >= 4 is 16.9 Å². The highest BCUT2D eigenvalue weighted by atomic mass is 16.5. The number of pyridine rings is 1. The third kappa shape index (κ3) is 4.84. The summed E-state index contributed by atoms with van der Waals surface area (Å²) in [6.07, 6.45) is 5.26. The highest BCUT2D eigenvalue weighted by Gasteiger charge is 2.46. The van der Waals surface area contributed by atoms with E-state index in [-0.39, 0.29) is 11.3 Å². The number of piperidine rings is 1. The summed E-state index contributed by atoms with van der Waals surface area (Å²) in [6.45, 7) is 3.84. The molecule has 1 aliphatic heterocycles. The quantitative estimate of drug-likeness (QED) is 0.454. The van der Waals surface area contributed by atoms with Gasteiger partial charge in [0.05, 0.1) is 24.6 Å². The average molecular weight is 489 g/mol. The Hall–Kier alpha value is -2.96. The lowest BCUT2D eigenvalue weighted by molar-refractivity contribution is -0.147. The Morgan fingerprint density at radius 1 is 1.19 bits per heavy atom. The molecule has 1 saturated carbocycles. The van der Waals surface area contributed by atoms with E-state index in [0.29, 0.717) is 25.4 Å². The zero-order valence-electron chi connectivity index (χ0n) is 21.1. The van der Waals surface area contributed by atoms with Gasteiger partial charge >= 0.3 is 5.97 Å². The van der Waals surface area contributed by atoms with E-state index in [4.69, 9.17) is 4.74 Å². The van der Waals surface area contributed by atoms with Crippen molar-refractivity contribution in [1.82, 2.24) is 9.88 Å². The van der Waals surface area contributed by atoms with Crippen LogP contribution < -0.4 is 4.74 Å². The van der Waals surface area contributed by atoms with E-state index in [2.05, 4.69) is 47.1 Å². The first-order valence-corrected chi connectivity index (χ1v) is 13.0. The van der Waals surface area contributed by atoms with Crippen LogP contribution in [0.15, 0.2) is 60.8 Å². The van der Waals surface area contributed by atoms with Crippen LogP contribution in [0.3, 0.4) is 0 Å². The number of fused-ring (bicyclic) bond motifs is 1. The Bertz CT molecular complexity index is 1210. The summed E-state index contributed by atoms with van der Waals surface area (Å²) >= 11 is 0. The smallest absolute Gasteiger partial charge is 0.308 e. The number of benzene rings is 2. The molecule has 6 heteroatoms. The number of likely N-dealkylation sites (tertiary alicyclic amines) is 1. The number of ether oxygens (including phenoxy) is 1. The van der Waals surface area contributed by atoms with Gasteiger partial charge in [-0.05, 0) is 85.4 Å². The Balaban J connectivity index is 1.21. The lowest BCUT2D eigenvalue weighted by atomic mass is 9.62. The van der Waals surface area contributed by atoms with Gasteiger partial charge in [-0.2, -0.15) is 0 Å². The predicted molar refractivity (Wildman–Crippen MR) is 140 cm³/mol. The van der Waals surface area contributed by atoms with Crippen molar-refractivity contribution in [2.75, 3.05) is 20.2 Å². The molecule has 36 heavy (non-hydrogen) atoms. The summed E-state index contributed by atoms with van der Waals surface area (Å²) in [4.78, 5) is 19.0. The molecule has 5 rings (SSSR count). The van der Waals surface area contributed by atoms with E-state index in [1.807, 2.05) is 24.3 Å². The fourth-order valence-electron chi connectivity index (χ4n) is 6.39. The zero-order chi connectivity index (χ0) is 25.3. The van der Waals surface area contributed by atoms with Crippen LogP contribution in [0.5, 0.6) is 5.75 Å². The van der Waals surface area contributed by atoms with Gasteiger partial charge in [-0.1, -0.05) is 37.3 Å². The van der Waals surface area contributed by atoms with Gasteiger partial charge in [0.1, 0.15) is 5.75 Å². The maximum absolute atomic E-state index is 12.2. The number of carboxylic acids is 1. The van der Waals surface area contributed by atoms with Crippen LogP contribution in [0.1, 0.15) is 56.3 Å². The molecule has 190 valence electrons. The fraction of sp³-hybridized carbons (Fsp3) is 0.467. The van der Waals surface area contributed by atoms with Crippen molar-refractivity contribution in [3.8, 4) is 5.75 Å². The van der Waals surface area contributed by atoms with Crippen LogP contribution in [0.2, 0.25) is 0 Å². The molecule has 2 aromatic carbocycles. The molecule has 1 aliphatic carbocycles. The summed E-state index contributed by atoms with van der Waals surface area (Å²) in [7, 11) is 1.62. The molecular weight excluding hydrogens is 452 g/mol. The largest absolute Gasteiger partial charge is 0.497 e. The Kier molecular flexibility index (Phi) is 7.00. The first kappa shape index (κ1) is 24.7. The van der Waals surface area contributed by atoms with Gasteiger partial charge < -0.3 is 14.9 Å². The van der Waals surface area contributed by atoms with Crippen molar-refractivity contribution in [3.63, 3.8) is 0 Å². The molecular formula is C30H36N2O4. The van der Waals surface area contributed by atoms with Crippen molar-refractivity contribution < 1.29 is 19.7 Å². The number of carboxylic acid groups (broad SMARTS) is 1. The van der Waals surface area contributed by atoms with Crippen LogP contribution >= 0.6 is 0 Å². The Labute approximate surface area is 212 Å². The minimum atomic E-state index is -0.719. The molecule has 0 spiro atoms. The molecule has 1 unspecified atom stereocenters. The minimum absolute atomic E-state index is 0.0663. The molecule has 6 nitrogen and oxygen atoms in total. The van der Waals surface area contributed by atoms with Crippen molar-refractivity contribution in [1.29, 1.82) is 0 Å². The molecule has 0 amide bonds. The third-order valence-electron chi connectivity index (χ3n) is 8.62. The van der Waals surface area contributed by atoms with E-state index in [0.717, 1.165) is 48.0 Å². The zero-order valence-corrected chi connectivity index (χ0v) is 21.1. The fourth-order valence-corrected chi connectivity index (χ4v) is 6.39. The second kappa shape index (κ2) is 10.2.